The minimum atomic E-state index is -0.742. The van der Waals surface area contributed by atoms with Crippen LogP contribution in [0.2, 0.25) is 0 Å². The Morgan fingerprint density at radius 3 is 2.50 bits per heavy atom. The molecule has 0 aromatic heterocycles. The van der Waals surface area contributed by atoms with E-state index < -0.39 is 27.8 Å². The lowest BCUT2D eigenvalue weighted by Gasteiger charge is -2.00. The fourth-order valence-corrected chi connectivity index (χ4v) is 0.745. The molecule has 0 saturated carbocycles. The van der Waals surface area contributed by atoms with Gasteiger partial charge in [0, 0.05) is 6.07 Å². The van der Waals surface area contributed by atoms with Crippen molar-refractivity contribution in [2.75, 3.05) is 5.73 Å². The number of nitrogens with zero attached hydrogens (tertiary/aromatic N) is 1. The monoisotopic (exact) mass is 170 g/mol. The number of phenols is 2. The number of anilines is 1. The molecule has 6 heteroatoms. The van der Waals surface area contributed by atoms with Crippen LogP contribution in [-0.4, -0.2) is 15.1 Å². The Morgan fingerprint density at radius 1 is 1.42 bits per heavy atom. The molecular weight excluding hydrogens is 164 g/mol. The topological polar surface area (TPSA) is 110 Å². The first-order chi connectivity index (χ1) is 5.54. The number of aromatic hydroxyl groups is 2. The van der Waals surface area contributed by atoms with Crippen molar-refractivity contribution < 1.29 is 15.1 Å². The van der Waals surface area contributed by atoms with Crippen molar-refractivity contribution in [2.45, 2.75) is 0 Å². The Balaban J connectivity index is 3.36. The highest BCUT2D eigenvalue weighted by Crippen LogP contribution is 2.37. The minimum absolute atomic E-state index is 0.426. The van der Waals surface area contributed by atoms with Crippen LogP contribution in [0.25, 0.3) is 0 Å². The largest absolute Gasteiger partial charge is 0.504 e. The molecule has 1 aromatic carbocycles. The van der Waals surface area contributed by atoms with Gasteiger partial charge in [-0.2, -0.15) is 0 Å². The first-order valence-corrected chi connectivity index (χ1v) is 2.99. The normalized spacial score (nSPS) is 9.67. The molecule has 4 N–H and O–H groups in total. The van der Waals surface area contributed by atoms with Gasteiger partial charge in [-0.15, -0.1) is 0 Å². The van der Waals surface area contributed by atoms with E-state index in [-0.39, 0.29) is 0 Å². The number of phenolic OH excluding ortho intramolecular Hbond substituents is 2. The first-order valence-electron chi connectivity index (χ1n) is 2.99. The third-order valence-electron chi connectivity index (χ3n) is 1.37. The lowest BCUT2D eigenvalue weighted by atomic mass is 10.2. The molecule has 1 aromatic rings. The van der Waals surface area contributed by atoms with Crippen molar-refractivity contribution >= 4 is 11.4 Å². The highest BCUT2D eigenvalue weighted by atomic mass is 16.6. The zero-order valence-electron chi connectivity index (χ0n) is 5.89. The van der Waals surface area contributed by atoms with E-state index in [1.807, 2.05) is 0 Å². The molecule has 0 amide bonds. The predicted molar refractivity (Wildman–Crippen MR) is 40.8 cm³/mol. The molecule has 0 saturated heterocycles. The zero-order chi connectivity index (χ0) is 9.30. The van der Waals surface area contributed by atoms with Gasteiger partial charge in [-0.25, -0.2) is 0 Å². The second-order valence-electron chi connectivity index (χ2n) is 2.12. The number of hydrogen-bond acceptors (Lipinski definition) is 5. The van der Waals surface area contributed by atoms with Gasteiger partial charge in [0.15, 0.2) is 17.2 Å². The summed E-state index contributed by atoms with van der Waals surface area (Å²) >= 11 is 0. The lowest BCUT2D eigenvalue weighted by Crippen LogP contribution is -1.95. The maximum absolute atomic E-state index is 10.2. The van der Waals surface area contributed by atoms with Gasteiger partial charge in [0.1, 0.15) is 0 Å². The molecule has 12 heavy (non-hydrogen) atoms. The number of benzene rings is 1. The van der Waals surface area contributed by atoms with Crippen LogP contribution >= 0.6 is 0 Å². The average molecular weight is 170 g/mol. The number of nitrogens with two attached hydrogens (primary N) is 1. The summed E-state index contributed by atoms with van der Waals surface area (Å²) in [5.41, 5.74) is 4.28. The van der Waals surface area contributed by atoms with Crippen molar-refractivity contribution in [3.63, 3.8) is 0 Å². The summed E-state index contributed by atoms with van der Waals surface area (Å²) in [6, 6.07) is 2.02. The molecule has 6 nitrogen and oxygen atoms in total. The second kappa shape index (κ2) is 2.57. The third-order valence-corrected chi connectivity index (χ3v) is 1.37. The van der Waals surface area contributed by atoms with Crippen LogP contribution in [0.4, 0.5) is 11.4 Å². The smallest absolute Gasteiger partial charge is 0.296 e. The van der Waals surface area contributed by atoms with Crippen LogP contribution < -0.4 is 5.73 Å². The fourth-order valence-electron chi connectivity index (χ4n) is 0.745. The van der Waals surface area contributed by atoms with E-state index >= 15 is 0 Å². The molecule has 0 atom stereocenters. The third kappa shape index (κ3) is 1.09. The van der Waals surface area contributed by atoms with Crippen molar-refractivity contribution in [1.29, 1.82) is 0 Å². The van der Waals surface area contributed by atoms with Crippen molar-refractivity contribution in [3.05, 3.63) is 22.2 Å². The van der Waals surface area contributed by atoms with Crippen molar-refractivity contribution in [1.82, 2.24) is 0 Å². The Labute approximate surface area is 67.0 Å². The first kappa shape index (κ1) is 8.12. The van der Waals surface area contributed by atoms with E-state index in [2.05, 4.69) is 0 Å². The average Bonchev–Trinajstić information content (AvgIpc) is 2.00. The summed E-state index contributed by atoms with van der Waals surface area (Å²) in [6.07, 6.45) is 0. The number of nitro groups is 1. The molecule has 0 fully saturated rings. The van der Waals surface area contributed by atoms with Crippen LogP contribution in [0.15, 0.2) is 12.1 Å². The summed E-state index contributed by atoms with van der Waals surface area (Å²) in [4.78, 5) is 9.48. The molecule has 0 radical (unpaired) electrons. The summed E-state index contributed by atoms with van der Waals surface area (Å²) in [5.74, 6) is -1.14. The van der Waals surface area contributed by atoms with Gasteiger partial charge in [-0.05, 0) is 6.07 Å². The quantitative estimate of drug-likeness (QED) is 0.247. The van der Waals surface area contributed by atoms with Crippen molar-refractivity contribution in [3.8, 4) is 11.5 Å². The van der Waals surface area contributed by atoms with E-state index in [0.717, 1.165) is 12.1 Å². The number of rotatable bonds is 1. The van der Waals surface area contributed by atoms with Gasteiger partial charge in [0.05, 0.1) is 4.92 Å². The molecule has 0 aliphatic carbocycles. The number of hydrogen-bond donors (Lipinski definition) is 3. The summed E-state index contributed by atoms with van der Waals surface area (Å²) in [7, 11) is 0. The molecule has 0 aliphatic rings. The van der Waals surface area contributed by atoms with E-state index in [9.17, 15) is 10.1 Å². The molecular formula is C6H6N2O4. The fraction of sp³-hybridized carbons (Fsp3) is 0. The second-order valence-corrected chi connectivity index (χ2v) is 2.12. The van der Waals surface area contributed by atoms with Gasteiger partial charge >= 0.3 is 0 Å². The van der Waals surface area contributed by atoms with Gasteiger partial charge in [-0.3, -0.25) is 10.1 Å². The van der Waals surface area contributed by atoms with E-state index in [4.69, 9.17) is 15.9 Å². The summed E-state index contributed by atoms with van der Waals surface area (Å²) < 4.78 is 0. The minimum Gasteiger partial charge on any atom is -0.504 e. The van der Waals surface area contributed by atoms with Crippen LogP contribution in [0.1, 0.15) is 0 Å². The van der Waals surface area contributed by atoms with Crippen molar-refractivity contribution in [2.24, 2.45) is 0 Å². The van der Waals surface area contributed by atoms with Gasteiger partial charge in [0.2, 0.25) is 0 Å². The Hall–Kier alpha value is -1.98. The van der Waals surface area contributed by atoms with Crippen LogP contribution in [0.5, 0.6) is 11.5 Å². The van der Waals surface area contributed by atoms with Gasteiger partial charge < -0.3 is 15.9 Å². The number of nitrogen functional groups attached to an aromatic ring is 1. The summed E-state index contributed by atoms with van der Waals surface area (Å²) in [6.45, 7) is 0. The lowest BCUT2D eigenvalue weighted by molar-refractivity contribution is -0.384. The van der Waals surface area contributed by atoms with E-state index in [0.29, 0.717) is 0 Å². The highest BCUT2D eigenvalue weighted by Gasteiger charge is 2.16. The highest BCUT2D eigenvalue weighted by molar-refractivity contribution is 5.70. The molecule has 0 aliphatic heterocycles. The standard InChI is InChI=1S/C6H6N2O4/c7-5-3(8(11)12)1-2-4(9)6(5)10/h1-2,9-10H,7H2. The maximum atomic E-state index is 10.2. The molecule has 0 unspecified atom stereocenters. The molecule has 0 bridgehead atoms. The van der Waals surface area contributed by atoms with E-state index in [1.165, 1.54) is 0 Å². The van der Waals surface area contributed by atoms with E-state index in [1.54, 1.807) is 0 Å². The van der Waals surface area contributed by atoms with Gasteiger partial charge in [-0.1, -0.05) is 0 Å². The molecule has 0 spiro atoms. The summed E-state index contributed by atoms with van der Waals surface area (Å²) in [5, 5.41) is 28.0. The Morgan fingerprint density at radius 2 is 2.00 bits per heavy atom. The molecule has 64 valence electrons. The molecule has 1 rings (SSSR count). The van der Waals surface area contributed by atoms with Crippen LogP contribution in [0, 0.1) is 10.1 Å². The van der Waals surface area contributed by atoms with Crippen LogP contribution in [-0.2, 0) is 0 Å². The Bertz CT molecular complexity index is 337. The predicted octanol–water partition coefficient (Wildman–Crippen LogP) is 0.588. The van der Waals surface area contributed by atoms with Crippen LogP contribution in [0.3, 0.4) is 0 Å². The Kier molecular flexibility index (Phi) is 1.74. The zero-order valence-corrected chi connectivity index (χ0v) is 5.89. The SMILES string of the molecule is Nc1c([N+](=O)[O-])ccc(O)c1O. The number of nitro benzene ring substituents is 1. The maximum Gasteiger partial charge on any atom is 0.296 e. The molecule has 0 heterocycles. The van der Waals surface area contributed by atoms with Gasteiger partial charge in [0.25, 0.3) is 5.69 Å².